The summed E-state index contributed by atoms with van der Waals surface area (Å²) >= 11 is 0. The van der Waals surface area contributed by atoms with Crippen molar-refractivity contribution in [1.82, 2.24) is 0 Å². The molecule has 1 N–H and O–H groups in total. The van der Waals surface area contributed by atoms with Crippen LogP contribution < -0.4 is 0 Å². The van der Waals surface area contributed by atoms with Crippen molar-refractivity contribution in [1.29, 1.82) is 0 Å². The Labute approximate surface area is 70.8 Å². The second kappa shape index (κ2) is 5.35. The normalized spacial score (nSPS) is 13.8. The van der Waals surface area contributed by atoms with Crippen LogP contribution in [-0.4, -0.2) is 17.0 Å². The lowest BCUT2D eigenvalue weighted by molar-refractivity contribution is -0.139. The minimum absolute atomic E-state index is 0.125. The van der Waals surface area contributed by atoms with Gasteiger partial charge in [0.15, 0.2) is 0 Å². The lowest BCUT2D eigenvalue weighted by atomic mass is 10.4. The van der Waals surface area contributed by atoms with Gasteiger partial charge in [-0.3, -0.25) is 9.59 Å². The van der Waals surface area contributed by atoms with E-state index in [1.165, 1.54) is 6.26 Å². The average Bonchev–Trinajstić information content (AvgIpc) is 2.66. The third kappa shape index (κ3) is 6.80. The Morgan fingerprint density at radius 3 is 2.25 bits per heavy atom. The summed E-state index contributed by atoms with van der Waals surface area (Å²) in [5, 5.41) is 7.42. The molecule has 1 aliphatic carbocycles. The number of esters is 1. The molecule has 0 bridgehead atoms. The molecule has 68 valence electrons. The maximum atomic E-state index is 10.5. The van der Waals surface area contributed by atoms with E-state index >= 15 is 0 Å². The molecule has 1 saturated carbocycles. The fourth-order valence-electron chi connectivity index (χ4n) is 0.497. The predicted molar refractivity (Wildman–Crippen MR) is 42.3 cm³/mol. The SMILES string of the molecule is C=COC(=O)C1CC1.CC(=O)O. The van der Waals surface area contributed by atoms with E-state index < -0.39 is 5.97 Å². The van der Waals surface area contributed by atoms with Gasteiger partial charge in [0.1, 0.15) is 0 Å². The lowest BCUT2D eigenvalue weighted by Crippen LogP contribution is -2.00. The molecule has 1 rings (SSSR count). The number of hydrogen-bond donors (Lipinski definition) is 1. The largest absolute Gasteiger partial charge is 0.481 e. The van der Waals surface area contributed by atoms with E-state index in [4.69, 9.17) is 9.90 Å². The van der Waals surface area contributed by atoms with Crippen LogP contribution in [0.25, 0.3) is 0 Å². The zero-order chi connectivity index (χ0) is 9.56. The quantitative estimate of drug-likeness (QED) is 0.501. The number of rotatable bonds is 2. The molecule has 1 aliphatic rings. The molecule has 0 aliphatic heterocycles. The Kier molecular flexibility index (Phi) is 4.76. The van der Waals surface area contributed by atoms with Gasteiger partial charge in [0, 0.05) is 6.92 Å². The van der Waals surface area contributed by atoms with Gasteiger partial charge >= 0.3 is 5.97 Å². The van der Waals surface area contributed by atoms with Crippen LogP contribution in [0, 0.1) is 5.92 Å². The van der Waals surface area contributed by atoms with E-state index in [9.17, 15) is 4.79 Å². The van der Waals surface area contributed by atoms with Gasteiger partial charge in [-0.2, -0.15) is 0 Å². The van der Waals surface area contributed by atoms with E-state index in [1.54, 1.807) is 0 Å². The van der Waals surface area contributed by atoms with E-state index in [2.05, 4.69) is 11.3 Å². The van der Waals surface area contributed by atoms with Gasteiger partial charge < -0.3 is 9.84 Å². The van der Waals surface area contributed by atoms with Crippen molar-refractivity contribution in [2.24, 2.45) is 5.92 Å². The number of hydrogen-bond acceptors (Lipinski definition) is 3. The Hall–Kier alpha value is -1.32. The molecule has 0 radical (unpaired) electrons. The second-order valence-corrected chi connectivity index (χ2v) is 2.40. The first kappa shape index (κ1) is 10.7. The Morgan fingerprint density at radius 1 is 1.58 bits per heavy atom. The first-order valence-electron chi connectivity index (χ1n) is 3.59. The average molecular weight is 172 g/mol. The van der Waals surface area contributed by atoms with Crippen LogP contribution in [0.5, 0.6) is 0 Å². The summed E-state index contributed by atoms with van der Waals surface area (Å²) in [5.41, 5.74) is 0. The smallest absolute Gasteiger partial charge is 0.313 e. The number of aliphatic carboxylic acids is 1. The van der Waals surface area contributed by atoms with Crippen LogP contribution in [0.4, 0.5) is 0 Å². The van der Waals surface area contributed by atoms with E-state index in [-0.39, 0.29) is 11.9 Å². The van der Waals surface area contributed by atoms with E-state index in [1.807, 2.05) is 0 Å². The minimum atomic E-state index is -0.833. The number of ether oxygens (including phenoxy) is 1. The van der Waals surface area contributed by atoms with Crippen LogP contribution in [0.15, 0.2) is 12.8 Å². The number of carboxylic acid groups (broad SMARTS) is 1. The van der Waals surface area contributed by atoms with Crippen molar-refractivity contribution < 1.29 is 19.4 Å². The molecular formula is C8H12O4. The highest BCUT2D eigenvalue weighted by molar-refractivity contribution is 5.75. The van der Waals surface area contributed by atoms with Gasteiger partial charge in [0.05, 0.1) is 12.2 Å². The fraction of sp³-hybridized carbons (Fsp3) is 0.500. The highest BCUT2D eigenvalue weighted by Gasteiger charge is 2.30. The molecule has 12 heavy (non-hydrogen) atoms. The molecule has 0 heterocycles. The summed E-state index contributed by atoms with van der Waals surface area (Å²) in [5.74, 6) is -0.770. The Bertz CT molecular complexity index is 177. The van der Waals surface area contributed by atoms with Crippen molar-refractivity contribution in [3.8, 4) is 0 Å². The molecule has 0 unspecified atom stereocenters. The highest BCUT2D eigenvalue weighted by atomic mass is 16.5. The minimum Gasteiger partial charge on any atom is -0.481 e. The monoisotopic (exact) mass is 172 g/mol. The topological polar surface area (TPSA) is 63.6 Å². The molecule has 0 aromatic heterocycles. The van der Waals surface area contributed by atoms with Crippen molar-refractivity contribution in [2.75, 3.05) is 0 Å². The summed E-state index contributed by atoms with van der Waals surface area (Å²) in [7, 11) is 0. The summed E-state index contributed by atoms with van der Waals surface area (Å²) in [6.45, 7) is 4.35. The number of carboxylic acids is 1. The molecule has 0 amide bonds. The lowest BCUT2D eigenvalue weighted by Gasteiger charge is -1.90. The first-order chi connectivity index (χ1) is 5.57. The van der Waals surface area contributed by atoms with E-state index in [0.29, 0.717) is 0 Å². The predicted octanol–water partition coefficient (Wildman–Crippen LogP) is 1.17. The zero-order valence-corrected chi connectivity index (χ0v) is 6.95. The molecule has 4 heteroatoms. The van der Waals surface area contributed by atoms with Crippen LogP contribution in [0.2, 0.25) is 0 Å². The molecule has 0 atom stereocenters. The van der Waals surface area contributed by atoms with Gasteiger partial charge in [-0.15, -0.1) is 0 Å². The summed E-state index contributed by atoms with van der Waals surface area (Å²) in [6, 6.07) is 0. The maximum Gasteiger partial charge on any atom is 0.313 e. The molecule has 0 spiro atoms. The summed E-state index contributed by atoms with van der Waals surface area (Å²) in [4.78, 5) is 19.5. The first-order valence-corrected chi connectivity index (χ1v) is 3.59. The molecule has 0 aromatic rings. The van der Waals surface area contributed by atoms with Gasteiger partial charge in [0.25, 0.3) is 5.97 Å². The van der Waals surface area contributed by atoms with Crippen LogP contribution in [-0.2, 0) is 14.3 Å². The highest BCUT2D eigenvalue weighted by Crippen LogP contribution is 2.29. The summed E-state index contributed by atoms with van der Waals surface area (Å²) in [6.07, 6.45) is 3.17. The Morgan fingerprint density at radius 2 is 2.00 bits per heavy atom. The van der Waals surface area contributed by atoms with Gasteiger partial charge in [-0.1, -0.05) is 6.58 Å². The van der Waals surface area contributed by atoms with Crippen LogP contribution in [0.1, 0.15) is 19.8 Å². The van der Waals surface area contributed by atoms with E-state index in [0.717, 1.165) is 19.8 Å². The van der Waals surface area contributed by atoms with Gasteiger partial charge in [-0.25, -0.2) is 0 Å². The van der Waals surface area contributed by atoms with Crippen molar-refractivity contribution in [3.05, 3.63) is 12.8 Å². The molecule has 0 aromatic carbocycles. The third-order valence-electron chi connectivity index (χ3n) is 1.11. The van der Waals surface area contributed by atoms with Crippen molar-refractivity contribution in [3.63, 3.8) is 0 Å². The molecule has 4 nitrogen and oxygen atoms in total. The van der Waals surface area contributed by atoms with Gasteiger partial charge in [-0.05, 0) is 12.8 Å². The fourth-order valence-corrected chi connectivity index (χ4v) is 0.497. The molecule has 0 saturated heterocycles. The van der Waals surface area contributed by atoms with Crippen LogP contribution in [0.3, 0.4) is 0 Å². The summed E-state index contributed by atoms with van der Waals surface area (Å²) < 4.78 is 4.49. The Balaban J connectivity index is 0.000000261. The standard InChI is InChI=1S/C6H8O2.C2H4O2/c1-2-8-6(7)5-3-4-5;1-2(3)4/h2,5H,1,3-4H2;1H3,(H,3,4). The van der Waals surface area contributed by atoms with Gasteiger partial charge in [0.2, 0.25) is 0 Å². The zero-order valence-electron chi connectivity index (χ0n) is 6.95. The molecule has 1 fully saturated rings. The second-order valence-electron chi connectivity index (χ2n) is 2.40. The number of carbonyl (C=O) groups is 2. The third-order valence-corrected chi connectivity index (χ3v) is 1.11. The van der Waals surface area contributed by atoms with Crippen LogP contribution >= 0.6 is 0 Å². The van der Waals surface area contributed by atoms with Crippen molar-refractivity contribution in [2.45, 2.75) is 19.8 Å². The van der Waals surface area contributed by atoms with Crippen molar-refractivity contribution >= 4 is 11.9 Å². The maximum absolute atomic E-state index is 10.5. The number of carbonyl (C=O) groups excluding carboxylic acids is 1. The molecular weight excluding hydrogens is 160 g/mol.